The zero-order valence-corrected chi connectivity index (χ0v) is 20.9. The molecule has 2 aromatic heterocycles. The molecule has 0 aliphatic carbocycles. The molecule has 2 aliphatic rings. The first-order chi connectivity index (χ1) is 17.5. The molecule has 1 saturated heterocycles. The summed E-state index contributed by atoms with van der Waals surface area (Å²) in [5, 5.41) is 7.63. The summed E-state index contributed by atoms with van der Waals surface area (Å²) >= 11 is 0. The van der Waals surface area contributed by atoms with Crippen molar-refractivity contribution in [3.8, 4) is 11.4 Å². The molecule has 1 N–H and O–H groups in total. The summed E-state index contributed by atoms with van der Waals surface area (Å²) in [5.74, 6) is 2.43. The van der Waals surface area contributed by atoms with Crippen molar-refractivity contribution < 1.29 is 19.0 Å². The third-order valence-corrected chi connectivity index (χ3v) is 6.77. The highest BCUT2D eigenvalue weighted by Gasteiger charge is 2.51. The SMILES string of the molecule is COCCN1C(=O)C2(CCOCC2)N(C)c2nc(Nc3ccc(-n4cnc(C)n4)c(OC)c3)ncc21. The molecule has 3 aromatic rings. The predicted molar refractivity (Wildman–Crippen MR) is 133 cm³/mol. The van der Waals surface area contributed by atoms with Gasteiger partial charge in [0.2, 0.25) is 5.95 Å². The van der Waals surface area contributed by atoms with Gasteiger partial charge in [-0.3, -0.25) is 4.79 Å². The lowest BCUT2D eigenvalue weighted by Gasteiger charge is -2.50. The van der Waals surface area contributed by atoms with Gasteiger partial charge < -0.3 is 29.3 Å². The minimum Gasteiger partial charge on any atom is -0.494 e. The van der Waals surface area contributed by atoms with E-state index in [1.165, 1.54) is 0 Å². The van der Waals surface area contributed by atoms with Crippen molar-refractivity contribution in [2.24, 2.45) is 0 Å². The van der Waals surface area contributed by atoms with Crippen LogP contribution in [-0.4, -0.2) is 83.8 Å². The lowest BCUT2D eigenvalue weighted by atomic mass is 9.84. The van der Waals surface area contributed by atoms with Crippen LogP contribution in [0, 0.1) is 6.92 Å². The minimum absolute atomic E-state index is 0.0332. The number of hydrogen-bond acceptors (Lipinski definition) is 10. The van der Waals surface area contributed by atoms with Gasteiger partial charge in [-0.15, -0.1) is 0 Å². The van der Waals surface area contributed by atoms with Crippen molar-refractivity contribution in [3.63, 3.8) is 0 Å². The maximum absolute atomic E-state index is 13.7. The van der Waals surface area contributed by atoms with Crippen molar-refractivity contribution in [2.45, 2.75) is 25.3 Å². The zero-order valence-electron chi connectivity index (χ0n) is 20.9. The second-order valence-electron chi connectivity index (χ2n) is 8.80. The summed E-state index contributed by atoms with van der Waals surface area (Å²) in [6.45, 7) is 3.72. The van der Waals surface area contributed by atoms with Gasteiger partial charge in [0.05, 0.1) is 19.9 Å². The molecule has 5 rings (SSSR count). The van der Waals surface area contributed by atoms with Gasteiger partial charge in [0.1, 0.15) is 34.8 Å². The molecule has 0 bridgehead atoms. The van der Waals surface area contributed by atoms with Gasteiger partial charge in [-0.2, -0.15) is 10.1 Å². The number of nitrogens with zero attached hydrogens (tertiary/aromatic N) is 7. The number of rotatable bonds is 7. The van der Waals surface area contributed by atoms with Crippen molar-refractivity contribution in [3.05, 3.63) is 36.5 Å². The first-order valence-electron chi connectivity index (χ1n) is 11.8. The van der Waals surface area contributed by atoms with E-state index < -0.39 is 5.54 Å². The van der Waals surface area contributed by atoms with Gasteiger partial charge in [0.25, 0.3) is 5.91 Å². The van der Waals surface area contributed by atoms with Crippen molar-refractivity contribution in [1.82, 2.24) is 24.7 Å². The van der Waals surface area contributed by atoms with Crippen LogP contribution in [0.3, 0.4) is 0 Å². The highest BCUT2D eigenvalue weighted by molar-refractivity contribution is 6.07. The highest BCUT2D eigenvalue weighted by atomic mass is 16.5. The summed E-state index contributed by atoms with van der Waals surface area (Å²) in [6.07, 6.45) is 4.52. The molecule has 0 radical (unpaired) electrons. The molecule has 1 fully saturated rings. The second-order valence-corrected chi connectivity index (χ2v) is 8.80. The molecule has 0 atom stereocenters. The minimum atomic E-state index is -0.703. The van der Waals surface area contributed by atoms with Crippen LogP contribution >= 0.6 is 0 Å². The molecule has 4 heterocycles. The molecular weight excluding hydrogens is 464 g/mol. The van der Waals surface area contributed by atoms with Crippen molar-refractivity contribution in [1.29, 1.82) is 0 Å². The monoisotopic (exact) mass is 494 g/mol. The van der Waals surface area contributed by atoms with Crippen LogP contribution in [0.4, 0.5) is 23.1 Å². The Bertz CT molecular complexity index is 1260. The number of carbonyl (C=O) groups excluding carboxylic acids is 1. The predicted octanol–water partition coefficient (Wildman–Crippen LogP) is 2.10. The fourth-order valence-corrected chi connectivity index (χ4v) is 4.77. The molecule has 1 spiro atoms. The van der Waals surface area contributed by atoms with E-state index in [0.717, 1.165) is 11.4 Å². The molecule has 2 aliphatic heterocycles. The van der Waals surface area contributed by atoms with Gasteiger partial charge in [-0.1, -0.05) is 0 Å². The van der Waals surface area contributed by atoms with Crippen LogP contribution in [-0.2, 0) is 14.3 Å². The Morgan fingerprint density at radius 2 is 1.97 bits per heavy atom. The number of aromatic nitrogens is 5. The lowest BCUT2D eigenvalue weighted by Crippen LogP contribution is -2.65. The number of ether oxygens (including phenoxy) is 3. The number of likely N-dealkylation sites (N-methyl/N-ethyl adjacent to an activating group) is 1. The number of methoxy groups -OCH3 is 2. The van der Waals surface area contributed by atoms with Gasteiger partial charge in [0, 0.05) is 58.5 Å². The Morgan fingerprint density at radius 1 is 1.17 bits per heavy atom. The van der Waals surface area contributed by atoms with Gasteiger partial charge >= 0.3 is 0 Å². The van der Waals surface area contributed by atoms with E-state index in [9.17, 15) is 4.79 Å². The maximum Gasteiger partial charge on any atom is 0.253 e. The summed E-state index contributed by atoms with van der Waals surface area (Å²) < 4.78 is 18.1. The standard InChI is InChI=1S/C24H30N8O4/c1-16-26-15-32(29-16)18-6-5-17(13-20(18)35-4)27-23-25-14-19-21(28-23)30(2)24(7-10-36-11-8-24)22(33)31(19)9-12-34-3/h5-6,13-15H,7-12H2,1-4H3,(H,25,27,28). The number of fused-ring (bicyclic) bond motifs is 1. The Morgan fingerprint density at radius 3 is 2.67 bits per heavy atom. The van der Waals surface area contributed by atoms with Crippen molar-refractivity contribution in [2.75, 3.05) is 62.7 Å². The van der Waals surface area contributed by atoms with Crippen LogP contribution in [0.25, 0.3) is 5.69 Å². The third kappa shape index (κ3) is 4.11. The molecule has 1 amide bonds. The largest absolute Gasteiger partial charge is 0.494 e. The molecule has 190 valence electrons. The molecule has 12 heteroatoms. The number of aryl methyl sites for hydroxylation is 1. The summed E-state index contributed by atoms with van der Waals surface area (Å²) in [4.78, 5) is 30.9. The number of anilines is 4. The third-order valence-electron chi connectivity index (χ3n) is 6.77. The van der Waals surface area contributed by atoms with E-state index in [1.54, 1.807) is 36.3 Å². The summed E-state index contributed by atoms with van der Waals surface area (Å²) in [7, 11) is 5.15. The number of nitrogens with one attached hydrogen (secondary N) is 1. The Hall–Kier alpha value is -3.77. The second kappa shape index (κ2) is 9.70. The summed E-state index contributed by atoms with van der Waals surface area (Å²) in [6, 6.07) is 5.64. The van der Waals surface area contributed by atoms with Gasteiger partial charge in [0.15, 0.2) is 5.82 Å². The van der Waals surface area contributed by atoms with E-state index in [2.05, 4.69) is 20.4 Å². The molecule has 36 heavy (non-hydrogen) atoms. The number of carbonyl (C=O) groups is 1. The van der Waals surface area contributed by atoms with E-state index in [0.29, 0.717) is 68.2 Å². The number of benzene rings is 1. The van der Waals surface area contributed by atoms with Crippen LogP contribution in [0.15, 0.2) is 30.7 Å². The van der Waals surface area contributed by atoms with Crippen LogP contribution < -0.4 is 19.9 Å². The van der Waals surface area contributed by atoms with E-state index in [1.807, 2.05) is 37.1 Å². The average molecular weight is 495 g/mol. The molecule has 12 nitrogen and oxygen atoms in total. The highest BCUT2D eigenvalue weighted by Crippen LogP contribution is 2.43. The van der Waals surface area contributed by atoms with Crippen LogP contribution in [0.5, 0.6) is 5.75 Å². The average Bonchev–Trinajstić information content (AvgIpc) is 3.34. The zero-order chi connectivity index (χ0) is 25.3. The Kier molecular flexibility index (Phi) is 6.46. The van der Waals surface area contributed by atoms with Crippen molar-refractivity contribution >= 4 is 29.0 Å². The Balaban J connectivity index is 1.47. The first kappa shape index (κ1) is 23.9. The maximum atomic E-state index is 13.7. The topological polar surface area (TPSA) is 120 Å². The Labute approximate surface area is 209 Å². The molecule has 1 aromatic carbocycles. The quantitative estimate of drug-likeness (QED) is 0.523. The molecule has 0 saturated carbocycles. The van der Waals surface area contributed by atoms with Crippen LogP contribution in [0.2, 0.25) is 0 Å². The normalized spacial score (nSPS) is 16.8. The smallest absolute Gasteiger partial charge is 0.253 e. The van der Waals surface area contributed by atoms with E-state index in [4.69, 9.17) is 19.2 Å². The van der Waals surface area contributed by atoms with Gasteiger partial charge in [-0.05, 0) is 19.1 Å². The fourth-order valence-electron chi connectivity index (χ4n) is 4.77. The van der Waals surface area contributed by atoms with Crippen LogP contribution in [0.1, 0.15) is 18.7 Å². The molecular formula is C24H30N8O4. The molecule has 0 unspecified atom stereocenters. The van der Waals surface area contributed by atoms with Gasteiger partial charge in [-0.25, -0.2) is 14.6 Å². The first-order valence-corrected chi connectivity index (χ1v) is 11.8. The summed E-state index contributed by atoms with van der Waals surface area (Å²) in [5.41, 5.74) is 1.48. The fraction of sp³-hybridized carbons (Fsp3) is 0.458. The number of amides is 1. The lowest BCUT2D eigenvalue weighted by molar-refractivity contribution is -0.127. The van der Waals surface area contributed by atoms with E-state index in [-0.39, 0.29) is 5.91 Å². The number of hydrogen-bond donors (Lipinski definition) is 1. The van der Waals surface area contributed by atoms with E-state index >= 15 is 0 Å².